The van der Waals surface area contributed by atoms with Gasteiger partial charge in [-0.3, -0.25) is 9.48 Å². The lowest BCUT2D eigenvalue weighted by Crippen LogP contribution is -2.34. The van der Waals surface area contributed by atoms with Gasteiger partial charge < -0.3 is 9.84 Å². The van der Waals surface area contributed by atoms with Crippen molar-refractivity contribution in [3.05, 3.63) is 30.2 Å². The van der Waals surface area contributed by atoms with Crippen molar-refractivity contribution in [2.24, 2.45) is 0 Å². The van der Waals surface area contributed by atoms with E-state index in [0.29, 0.717) is 31.1 Å². The molecular formula is C16H23N5O2. The van der Waals surface area contributed by atoms with E-state index in [1.807, 2.05) is 13.0 Å². The van der Waals surface area contributed by atoms with Gasteiger partial charge in [0.25, 0.3) is 0 Å². The zero-order chi connectivity index (χ0) is 16.1. The van der Waals surface area contributed by atoms with Crippen LogP contribution in [-0.4, -0.2) is 32.4 Å². The molecule has 124 valence electrons. The van der Waals surface area contributed by atoms with Crippen LogP contribution in [0, 0.1) is 0 Å². The fraction of sp³-hybridized carbons (Fsp3) is 0.625. The molecule has 1 aliphatic rings. The molecular weight excluding hydrogens is 294 g/mol. The number of aromatic nitrogens is 4. The standard InChI is InChI=1S/C16H23N5O2/c1-2-13(21-11-5-9-18-21)15(22)17-10-8-14-19-16(23-20-14)12-6-3-4-7-12/h5,9,11-13H,2-4,6-8,10H2,1H3,(H,17,22)/t13-/m1/s1. The Morgan fingerprint density at radius 3 is 3.00 bits per heavy atom. The third kappa shape index (κ3) is 3.78. The van der Waals surface area contributed by atoms with E-state index in [1.165, 1.54) is 12.8 Å². The van der Waals surface area contributed by atoms with Crippen molar-refractivity contribution in [1.82, 2.24) is 25.2 Å². The van der Waals surface area contributed by atoms with E-state index in [1.54, 1.807) is 17.1 Å². The summed E-state index contributed by atoms with van der Waals surface area (Å²) in [7, 11) is 0. The summed E-state index contributed by atoms with van der Waals surface area (Å²) >= 11 is 0. The molecule has 23 heavy (non-hydrogen) atoms. The number of carbonyl (C=O) groups excluding carboxylic acids is 1. The Bertz CT molecular complexity index is 616. The lowest BCUT2D eigenvalue weighted by molar-refractivity contribution is -0.124. The van der Waals surface area contributed by atoms with Crippen molar-refractivity contribution >= 4 is 5.91 Å². The van der Waals surface area contributed by atoms with Crippen LogP contribution in [-0.2, 0) is 11.2 Å². The Hall–Kier alpha value is -2.18. The minimum atomic E-state index is -0.274. The first-order chi connectivity index (χ1) is 11.3. The monoisotopic (exact) mass is 317 g/mol. The van der Waals surface area contributed by atoms with Crippen LogP contribution in [0.4, 0.5) is 0 Å². The Balaban J connectivity index is 1.48. The van der Waals surface area contributed by atoms with Crippen LogP contribution in [0.1, 0.15) is 62.7 Å². The number of rotatable bonds is 7. The van der Waals surface area contributed by atoms with E-state index in [9.17, 15) is 4.79 Å². The van der Waals surface area contributed by atoms with Crippen LogP contribution in [0.2, 0.25) is 0 Å². The van der Waals surface area contributed by atoms with E-state index < -0.39 is 0 Å². The summed E-state index contributed by atoms with van der Waals surface area (Å²) in [6.45, 7) is 2.47. The molecule has 0 unspecified atom stereocenters. The van der Waals surface area contributed by atoms with Crippen molar-refractivity contribution in [2.75, 3.05) is 6.54 Å². The second kappa shape index (κ2) is 7.39. The van der Waals surface area contributed by atoms with Crippen molar-refractivity contribution in [2.45, 2.75) is 57.4 Å². The van der Waals surface area contributed by atoms with Crippen LogP contribution < -0.4 is 5.32 Å². The highest BCUT2D eigenvalue weighted by atomic mass is 16.5. The molecule has 0 aliphatic heterocycles. The number of hydrogen-bond acceptors (Lipinski definition) is 5. The van der Waals surface area contributed by atoms with Gasteiger partial charge in [0, 0.05) is 31.3 Å². The lowest BCUT2D eigenvalue weighted by Gasteiger charge is -2.15. The van der Waals surface area contributed by atoms with Crippen molar-refractivity contribution in [1.29, 1.82) is 0 Å². The van der Waals surface area contributed by atoms with Gasteiger partial charge in [-0.15, -0.1) is 0 Å². The minimum absolute atomic E-state index is 0.0317. The summed E-state index contributed by atoms with van der Waals surface area (Å²) in [4.78, 5) is 16.7. The molecule has 2 heterocycles. The zero-order valence-electron chi connectivity index (χ0n) is 13.4. The van der Waals surface area contributed by atoms with E-state index in [-0.39, 0.29) is 11.9 Å². The smallest absolute Gasteiger partial charge is 0.244 e. The molecule has 0 bridgehead atoms. The maximum atomic E-state index is 12.2. The normalized spacial score (nSPS) is 16.6. The summed E-state index contributed by atoms with van der Waals surface area (Å²) in [6.07, 6.45) is 9.52. The number of amides is 1. The molecule has 1 aliphatic carbocycles. The average molecular weight is 317 g/mol. The molecule has 2 aromatic heterocycles. The quantitative estimate of drug-likeness (QED) is 0.846. The molecule has 1 saturated carbocycles. The van der Waals surface area contributed by atoms with E-state index in [4.69, 9.17) is 4.52 Å². The highest BCUT2D eigenvalue weighted by molar-refractivity contribution is 5.80. The third-order valence-electron chi connectivity index (χ3n) is 4.37. The molecule has 2 aromatic rings. The number of nitrogens with zero attached hydrogens (tertiary/aromatic N) is 4. The minimum Gasteiger partial charge on any atom is -0.354 e. The molecule has 1 atom stereocenters. The second-order valence-electron chi connectivity index (χ2n) is 5.98. The predicted molar refractivity (Wildman–Crippen MR) is 83.8 cm³/mol. The first-order valence-corrected chi connectivity index (χ1v) is 8.37. The van der Waals surface area contributed by atoms with Crippen LogP contribution in [0.3, 0.4) is 0 Å². The summed E-state index contributed by atoms with van der Waals surface area (Å²) in [5.41, 5.74) is 0. The van der Waals surface area contributed by atoms with Gasteiger partial charge in [0.2, 0.25) is 11.8 Å². The van der Waals surface area contributed by atoms with Crippen LogP contribution in [0.15, 0.2) is 23.0 Å². The fourth-order valence-corrected chi connectivity index (χ4v) is 3.08. The average Bonchev–Trinajstić information content (AvgIpc) is 3.30. The number of hydrogen-bond donors (Lipinski definition) is 1. The summed E-state index contributed by atoms with van der Waals surface area (Å²) < 4.78 is 7.03. The van der Waals surface area contributed by atoms with Gasteiger partial charge in [0.1, 0.15) is 6.04 Å². The van der Waals surface area contributed by atoms with Gasteiger partial charge in [-0.2, -0.15) is 10.1 Å². The van der Waals surface area contributed by atoms with Crippen LogP contribution in [0.5, 0.6) is 0 Å². The number of carbonyl (C=O) groups is 1. The Kier molecular flexibility index (Phi) is 5.05. The molecule has 1 N–H and O–H groups in total. The van der Waals surface area contributed by atoms with Crippen LogP contribution >= 0.6 is 0 Å². The summed E-state index contributed by atoms with van der Waals surface area (Å²) in [5.74, 6) is 1.82. The van der Waals surface area contributed by atoms with Crippen molar-refractivity contribution in [3.8, 4) is 0 Å². The predicted octanol–water partition coefficient (Wildman–Crippen LogP) is 2.23. The SMILES string of the molecule is CC[C@H](C(=O)NCCc1noc(C2CCCC2)n1)n1cccn1. The molecule has 0 spiro atoms. The van der Waals surface area contributed by atoms with Crippen LogP contribution in [0.25, 0.3) is 0 Å². The maximum absolute atomic E-state index is 12.2. The van der Waals surface area contributed by atoms with Gasteiger partial charge in [-0.1, -0.05) is 24.9 Å². The molecule has 7 nitrogen and oxygen atoms in total. The van der Waals surface area contributed by atoms with Gasteiger partial charge in [-0.05, 0) is 25.3 Å². The topological polar surface area (TPSA) is 85.8 Å². The first-order valence-electron chi connectivity index (χ1n) is 8.37. The number of nitrogens with one attached hydrogen (secondary N) is 1. The highest BCUT2D eigenvalue weighted by Crippen LogP contribution is 2.32. The molecule has 7 heteroatoms. The van der Waals surface area contributed by atoms with Crippen molar-refractivity contribution < 1.29 is 9.32 Å². The molecule has 3 rings (SSSR count). The second-order valence-corrected chi connectivity index (χ2v) is 5.98. The first kappa shape index (κ1) is 15.7. The molecule has 0 aromatic carbocycles. The zero-order valence-corrected chi connectivity index (χ0v) is 13.4. The fourth-order valence-electron chi connectivity index (χ4n) is 3.08. The van der Waals surface area contributed by atoms with Gasteiger partial charge >= 0.3 is 0 Å². The third-order valence-corrected chi connectivity index (χ3v) is 4.37. The van der Waals surface area contributed by atoms with Crippen molar-refractivity contribution in [3.63, 3.8) is 0 Å². The van der Waals surface area contributed by atoms with E-state index in [2.05, 4.69) is 20.6 Å². The molecule has 0 saturated heterocycles. The van der Waals surface area contributed by atoms with Gasteiger partial charge in [0.05, 0.1) is 0 Å². The maximum Gasteiger partial charge on any atom is 0.244 e. The summed E-state index contributed by atoms with van der Waals surface area (Å²) in [6, 6.07) is 1.55. The van der Waals surface area contributed by atoms with Gasteiger partial charge in [-0.25, -0.2) is 0 Å². The molecule has 0 radical (unpaired) electrons. The lowest BCUT2D eigenvalue weighted by atomic mass is 10.1. The Morgan fingerprint density at radius 2 is 2.30 bits per heavy atom. The summed E-state index contributed by atoms with van der Waals surface area (Å²) in [5, 5.41) is 11.1. The van der Waals surface area contributed by atoms with E-state index >= 15 is 0 Å². The van der Waals surface area contributed by atoms with Gasteiger partial charge in [0.15, 0.2) is 5.82 Å². The Labute approximate surface area is 135 Å². The molecule has 1 amide bonds. The Morgan fingerprint density at radius 1 is 1.48 bits per heavy atom. The highest BCUT2D eigenvalue weighted by Gasteiger charge is 2.23. The van der Waals surface area contributed by atoms with E-state index in [0.717, 1.165) is 18.7 Å². The molecule has 1 fully saturated rings. The largest absolute Gasteiger partial charge is 0.354 e.